The highest BCUT2D eigenvalue weighted by molar-refractivity contribution is 7.15. The zero-order chi connectivity index (χ0) is 15.5. The third-order valence-electron chi connectivity index (χ3n) is 4.11. The lowest BCUT2D eigenvalue weighted by Crippen LogP contribution is -2.46. The number of piperazine rings is 1. The van der Waals surface area contributed by atoms with Crippen molar-refractivity contribution in [2.45, 2.75) is 6.04 Å². The number of halogens is 1. The van der Waals surface area contributed by atoms with Crippen molar-refractivity contribution in [2.75, 3.05) is 33.2 Å². The molecule has 0 amide bonds. The first-order chi connectivity index (χ1) is 10.7. The van der Waals surface area contributed by atoms with Gasteiger partial charge in [0.1, 0.15) is 18.1 Å². The van der Waals surface area contributed by atoms with Gasteiger partial charge < -0.3 is 9.69 Å². The first-order valence-corrected chi connectivity index (χ1v) is 8.22. The SMILES string of the molecule is CN1CCN([C@@H](C=O)c2ccc(-c3ccc(F)cc3)s2)CC1. The van der Waals surface area contributed by atoms with E-state index < -0.39 is 0 Å². The number of hydrogen-bond acceptors (Lipinski definition) is 4. The van der Waals surface area contributed by atoms with Crippen LogP contribution in [0.15, 0.2) is 36.4 Å². The summed E-state index contributed by atoms with van der Waals surface area (Å²) >= 11 is 1.61. The first-order valence-electron chi connectivity index (χ1n) is 7.41. The lowest BCUT2D eigenvalue weighted by Gasteiger charge is -2.35. The molecule has 3 nitrogen and oxygen atoms in total. The third kappa shape index (κ3) is 3.27. The Kier molecular flexibility index (Phi) is 4.66. The minimum Gasteiger partial charge on any atom is -0.304 e. The van der Waals surface area contributed by atoms with Crippen LogP contribution in [0.3, 0.4) is 0 Å². The smallest absolute Gasteiger partial charge is 0.142 e. The maximum Gasteiger partial charge on any atom is 0.142 e. The normalized spacial score (nSPS) is 18.3. The van der Waals surface area contributed by atoms with Crippen molar-refractivity contribution in [2.24, 2.45) is 0 Å². The van der Waals surface area contributed by atoms with E-state index >= 15 is 0 Å². The Morgan fingerprint density at radius 3 is 2.41 bits per heavy atom. The van der Waals surface area contributed by atoms with Gasteiger partial charge in [-0.2, -0.15) is 0 Å². The molecule has 0 bridgehead atoms. The van der Waals surface area contributed by atoms with Gasteiger partial charge in [0.15, 0.2) is 0 Å². The van der Waals surface area contributed by atoms with Gasteiger partial charge in [0.25, 0.3) is 0 Å². The van der Waals surface area contributed by atoms with Crippen molar-refractivity contribution >= 4 is 17.6 Å². The molecular formula is C17H19FN2OS. The quantitative estimate of drug-likeness (QED) is 0.810. The molecule has 1 aromatic carbocycles. The zero-order valence-corrected chi connectivity index (χ0v) is 13.4. The topological polar surface area (TPSA) is 23.6 Å². The standard InChI is InChI=1S/C17H19FN2OS/c1-19-8-10-20(11-9-19)15(12-21)17-7-6-16(22-17)13-2-4-14(18)5-3-13/h2-7,12,15H,8-11H2,1H3/t15-/m0/s1. The summed E-state index contributed by atoms with van der Waals surface area (Å²) < 4.78 is 13.0. The minimum atomic E-state index is -0.233. The largest absolute Gasteiger partial charge is 0.304 e. The van der Waals surface area contributed by atoms with Crippen molar-refractivity contribution in [3.63, 3.8) is 0 Å². The highest BCUT2D eigenvalue weighted by Crippen LogP contribution is 2.33. The molecule has 0 saturated carbocycles. The summed E-state index contributed by atoms with van der Waals surface area (Å²) in [4.78, 5) is 18.2. The summed E-state index contributed by atoms with van der Waals surface area (Å²) in [7, 11) is 2.10. The van der Waals surface area contributed by atoms with E-state index in [2.05, 4.69) is 16.8 Å². The fourth-order valence-electron chi connectivity index (χ4n) is 2.71. The van der Waals surface area contributed by atoms with Gasteiger partial charge in [-0.05, 0) is 36.9 Å². The fraction of sp³-hybridized carbons (Fsp3) is 0.353. The number of aldehydes is 1. The van der Waals surface area contributed by atoms with Crippen LogP contribution < -0.4 is 0 Å². The number of rotatable bonds is 4. The summed E-state index contributed by atoms with van der Waals surface area (Å²) in [6, 6.07) is 10.3. The number of carbonyl (C=O) groups excluding carboxylic acids is 1. The van der Waals surface area contributed by atoms with Gasteiger partial charge in [0.2, 0.25) is 0 Å². The van der Waals surface area contributed by atoms with Crippen molar-refractivity contribution in [3.8, 4) is 10.4 Å². The van der Waals surface area contributed by atoms with Gasteiger partial charge in [-0.1, -0.05) is 12.1 Å². The molecule has 2 heterocycles. The molecule has 0 N–H and O–H groups in total. The van der Waals surface area contributed by atoms with E-state index in [0.717, 1.165) is 47.8 Å². The number of thiophene rings is 1. The van der Waals surface area contributed by atoms with Crippen LogP contribution in [-0.4, -0.2) is 49.3 Å². The van der Waals surface area contributed by atoms with Crippen molar-refractivity contribution < 1.29 is 9.18 Å². The second-order valence-electron chi connectivity index (χ2n) is 5.63. The molecule has 0 unspecified atom stereocenters. The van der Waals surface area contributed by atoms with E-state index in [4.69, 9.17) is 0 Å². The highest BCUT2D eigenvalue weighted by Gasteiger charge is 2.24. The van der Waals surface area contributed by atoms with Gasteiger partial charge in [-0.25, -0.2) is 4.39 Å². The van der Waals surface area contributed by atoms with Crippen LogP contribution in [0.4, 0.5) is 4.39 Å². The Morgan fingerprint density at radius 2 is 1.77 bits per heavy atom. The molecule has 116 valence electrons. The van der Waals surface area contributed by atoms with Crippen molar-refractivity contribution in [3.05, 3.63) is 47.1 Å². The number of hydrogen-bond donors (Lipinski definition) is 0. The third-order valence-corrected chi connectivity index (χ3v) is 5.31. The Hall–Kier alpha value is -1.56. The molecule has 1 aliphatic rings. The van der Waals surface area contributed by atoms with Crippen LogP contribution in [0, 0.1) is 5.82 Å². The summed E-state index contributed by atoms with van der Waals surface area (Å²) in [5.74, 6) is -0.233. The molecule has 3 rings (SSSR count). The van der Waals surface area contributed by atoms with Crippen LogP contribution in [0.5, 0.6) is 0 Å². The predicted molar refractivity (Wildman–Crippen MR) is 87.6 cm³/mol. The van der Waals surface area contributed by atoms with E-state index in [1.807, 2.05) is 12.1 Å². The number of nitrogens with zero attached hydrogens (tertiary/aromatic N) is 2. The highest BCUT2D eigenvalue weighted by atomic mass is 32.1. The van der Waals surface area contributed by atoms with E-state index in [1.165, 1.54) is 12.1 Å². The monoisotopic (exact) mass is 318 g/mol. The first kappa shape index (κ1) is 15.3. The molecule has 1 fully saturated rings. The number of carbonyl (C=O) groups is 1. The van der Waals surface area contributed by atoms with Crippen LogP contribution in [0.2, 0.25) is 0 Å². The number of benzene rings is 1. The van der Waals surface area contributed by atoms with Gasteiger partial charge in [-0.15, -0.1) is 11.3 Å². The number of likely N-dealkylation sites (N-methyl/N-ethyl adjacent to an activating group) is 1. The van der Waals surface area contributed by atoms with Crippen LogP contribution in [-0.2, 0) is 4.79 Å². The fourth-order valence-corrected chi connectivity index (χ4v) is 3.82. The molecule has 22 heavy (non-hydrogen) atoms. The van der Waals surface area contributed by atoms with Crippen LogP contribution in [0.25, 0.3) is 10.4 Å². The van der Waals surface area contributed by atoms with E-state index in [-0.39, 0.29) is 11.9 Å². The lowest BCUT2D eigenvalue weighted by atomic mass is 10.1. The maximum absolute atomic E-state index is 13.0. The molecule has 1 aliphatic heterocycles. The summed E-state index contributed by atoms with van der Waals surface area (Å²) in [5, 5.41) is 0. The Balaban J connectivity index is 1.79. The molecule has 0 spiro atoms. The van der Waals surface area contributed by atoms with Crippen molar-refractivity contribution in [1.29, 1.82) is 0 Å². The molecule has 0 radical (unpaired) electrons. The van der Waals surface area contributed by atoms with Crippen molar-refractivity contribution in [1.82, 2.24) is 9.80 Å². The zero-order valence-electron chi connectivity index (χ0n) is 12.5. The average Bonchev–Trinajstić information content (AvgIpc) is 3.00. The van der Waals surface area contributed by atoms with Gasteiger partial charge in [0, 0.05) is 35.9 Å². The minimum absolute atomic E-state index is 0.173. The molecular weight excluding hydrogens is 299 g/mol. The molecule has 1 atom stereocenters. The van der Waals surface area contributed by atoms with E-state index in [1.54, 1.807) is 23.5 Å². The Labute approximate surface area is 134 Å². The van der Waals surface area contributed by atoms with Crippen LogP contribution >= 0.6 is 11.3 Å². The lowest BCUT2D eigenvalue weighted by molar-refractivity contribution is -0.113. The predicted octanol–water partition coefficient (Wildman–Crippen LogP) is 3.04. The molecule has 2 aromatic rings. The van der Waals surface area contributed by atoms with Gasteiger partial charge >= 0.3 is 0 Å². The summed E-state index contributed by atoms with van der Waals surface area (Å²) in [6.07, 6.45) is 1.03. The second kappa shape index (κ2) is 6.69. The van der Waals surface area contributed by atoms with Crippen LogP contribution in [0.1, 0.15) is 10.9 Å². The van der Waals surface area contributed by atoms with Gasteiger partial charge in [0.05, 0.1) is 0 Å². The van der Waals surface area contributed by atoms with E-state index in [9.17, 15) is 9.18 Å². The molecule has 1 aromatic heterocycles. The van der Waals surface area contributed by atoms with Gasteiger partial charge in [-0.3, -0.25) is 4.90 Å². The molecule has 5 heteroatoms. The maximum atomic E-state index is 13.0. The Morgan fingerprint density at radius 1 is 1.09 bits per heavy atom. The second-order valence-corrected chi connectivity index (χ2v) is 6.74. The summed E-state index contributed by atoms with van der Waals surface area (Å²) in [6.45, 7) is 3.79. The summed E-state index contributed by atoms with van der Waals surface area (Å²) in [5.41, 5.74) is 0.987. The average molecular weight is 318 g/mol. The Bertz CT molecular complexity index is 632. The van der Waals surface area contributed by atoms with E-state index in [0.29, 0.717) is 0 Å². The molecule has 0 aliphatic carbocycles. The molecule has 1 saturated heterocycles.